The minimum Gasteiger partial charge on any atom is -0.386 e. The smallest absolute Gasteiger partial charge is 0.165 e. The summed E-state index contributed by atoms with van der Waals surface area (Å²) in [7, 11) is 1.76. The third-order valence-electron chi connectivity index (χ3n) is 1.59. The molecule has 0 rings (SSSR count). The summed E-state index contributed by atoms with van der Waals surface area (Å²) >= 11 is 0. The standard InChI is InChI=1S/C9H17NO/c1-3-4-5-6-7-9(8-11)10-2/h7-8,10H,3-6H2,1-2H3. The van der Waals surface area contributed by atoms with Crippen LogP contribution in [0.25, 0.3) is 0 Å². The largest absolute Gasteiger partial charge is 0.386 e. The van der Waals surface area contributed by atoms with Crippen LogP contribution in [0.2, 0.25) is 0 Å². The van der Waals surface area contributed by atoms with Crippen LogP contribution in [0.4, 0.5) is 0 Å². The predicted octanol–water partition coefficient (Wildman–Crippen LogP) is 1.87. The number of hydrogen-bond acceptors (Lipinski definition) is 2. The molecule has 1 N–H and O–H groups in total. The number of carbonyl (C=O) groups is 1. The van der Waals surface area contributed by atoms with Crippen LogP contribution in [-0.4, -0.2) is 13.3 Å². The van der Waals surface area contributed by atoms with Gasteiger partial charge in [-0.3, -0.25) is 4.79 Å². The number of hydrogen-bond donors (Lipinski definition) is 1. The number of carbonyl (C=O) groups excluding carboxylic acids is 1. The Morgan fingerprint density at radius 3 is 2.64 bits per heavy atom. The van der Waals surface area contributed by atoms with E-state index in [-0.39, 0.29) is 0 Å². The topological polar surface area (TPSA) is 29.1 Å². The number of aldehydes is 1. The Kier molecular flexibility index (Phi) is 6.79. The number of likely N-dealkylation sites (N-methyl/N-ethyl adjacent to an activating group) is 1. The van der Waals surface area contributed by atoms with Gasteiger partial charge < -0.3 is 5.32 Å². The van der Waals surface area contributed by atoms with Crippen LogP contribution in [0.15, 0.2) is 11.8 Å². The maximum absolute atomic E-state index is 10.3. The quantitative estimate of drug-likeness (QED) is 0.360. The summed E-state index contributed by atoms with van der Waals surface area (Å²) in [5.41, 5.74) is 0.695. The molecular formula is C9H17NO. The Hall–Kier alpha value is -0.790. The van der Waals surface area contributed by atoms with Gasteiger partial charge in [0.05, 0.1) is 5.70 Å². The van der Waals surface area contributed by atoms with E-state index in [1.165, 1.54) is 19.3 Å². The van der Waals surface area contributed by atoms with Crippen LogP contribution in [-0.2, 0) is 4.79 Å². The van der Waals surface area contributed by atoms with Gasteiger partial charge in [0.15, 0.2) is 6.29 Å². The molecular weight excluding hydrogens is 138 g/mol. The van der Waals surface area contributed by atoms with Crippen molar-refractivity contribution in [1.82, 2.24) is 5.32 Å². The average Bonchev–Trinajstić information content (AvgIpc) is 2.05. The molecule has 0 radical (unpaired) electrons. The lowest BCUT2D eigenvalue weighted by Crippen LogP contribution is -2.06. The van der Waals surface area contributed by atoms with E-state index < -0.39 is 0 Å². The van der Waals surface area contributed by atoms with E-state index in [0.717, 1.165) is 12.7 Å². The Morgan fingerprint density at radius 1 is 1.45 bits per heavy atom. The second kappa shape index (κ2) is 7.32. The summed E-state index contributed by atoms with van der Waals surface area (Å²) in [5, 5.41) is 2.82. The van der Waals surface area contributed by atoms with Gasteiger partial charge >= 0.3 is 0 Å². The second-order valence-electron chi connectivity index (χ2n) is 2.52. The number of nitrogens with one attached hydrogen (secondary N) is 1. The molecule has 0 aliphatic heterocycles. The van der Waals surface area contributed by atoms with Crippen LogP contribution < -0.4 is 5.32 Å². The van der Waals surface area contributed by atoms with Crippen LogP contribution in [0.3, 0.4) is 0 Å². The minimum atomic E-state index is 0.695. The molecule has 11 heavy (non-hydrogen) atoms. The van der Waals surface area contributed by atoms with Crippen molar-refractivity contribution in [1.29, 1.82) is 0 Å². The van der Waals surface area contributed by atoms with E-state index in [1.54, 1.807) is 7.05 Å². The molecule has 0 aromatic rings. The van der Waals surface area contributed by atoms with Gasteiger partial charge in [0.1, 0.15) is 0 Å². The van der Waals surface area contributed by atoms with E-state index in [0.29, 0.717) is 5.70 Å². The summed E-state index contributed by atoms with van der Waals surface area (Å²) in [6.07, 6.45) is 7.45. The maximum Gasteiger partial charge on any atom is 0.165 e. The predicted molar refractivity (Wildman–Crippen MR) is 47.3 cm³/mol. The zero-order valence-corrected chi connectivity index (χ0v) is 7.39. The molecule has 0 saturated carbocycles. The number of unbranched alkanes of at least 4 members (excludes halogenated alkanes) is 3. The van der Waals surface area contributed by atoms with Crippen LogP contribution in [0, 0.1) is 0 Å². The van der Waals surface area contributed by atoms with Crippen molar-refractivity contribution in [2.24, 2.45) is 0 Å². The van der Waals surface area contributed by atoms with Gasteiger partial charge in [-0.1, -0.05) is 25.8 Å². The Bertz CT molecular complexity index is 130. The SMILES string of the molecule is CCCCCC=C(C=O)NC. The van der Waals surface area contributed by atoms with Crippen molar-refractivity contribution in [2.45, 2.75) is 32.6 Å². The lowest BCUT2D eigenvalue weighted by molar-refractivity contribution is -0.105. The highest BCUT2D eigenvalue weighted by Crippen LogP contribution is 2.00. The fourth-order valence-electron chi connectivity index (χ4n) is 0.861. The molecule has 0 aliphatic carbocycles. The van der Waals surface area contributed by atoms with Crippen LogP contribution in [0.1, 0.15) is 32.6 Å². The molecule has 64 valence electrons. The molecule has 0 heterocycles. The molecule has 0 atom stereocenters. The molecule has 0 bridgehead atoms. The first kappa shape index (κ1) is 10.2. The zero-order valence-electron chi connectivity index (χ0n) is 7.39. The fourth-order valence-corrected chi connectivity index (χ4v) is 0.861. The lowest BCUT2D eigenvalue weighted by Gasteiger charge is -1.96. The summed E-state index contributed by atoms with van der Waals surface area (Å²) in [6.45, 7) is 2.17. The lowest BCUT2D eigenvalue weighted by atomic mass is 10.2. The Labute approximate surface area is 68.7 Å². The average molecular weight is 155 g/mol. The summed E-state index contributed by atoms with van der Waals surface area (Å²) in [5.74, 6) is 0. The van der Waals surface area contributed by atoms with E-state index in [1.807, 2.05) is 6.08 Å². The molecule has 0 amide bonds. The molecule has 0 aromatic carbocycles. The summed E-state index contributed by atoms with van der Waals surface area (Å²) < 4.78 is 0. The highest BCUT2D eigenvalue weighted by molar-refractivity contribution is 5.71. The van der Waals surface area contributed by atoms with Crippen molar-refractivity contribution >= 4 is 6.29 Å². The van der Waals surface area contributed by atoms with Gasteiger partial charge in [-0.2, -0.15) is 0 Å². The third-order valence-corrected chi connectivity index (χ3v) is 1.59. The molecule has 0 aliphatic rings. The van der Waals surface area contributed by atoms with Crippen LogP contribution in [0.5, 0.6) is 0 Å². The Balaban J connectivity index is 3.44. The van der Waals surface area contributed by atoms with E-state index in [2.05, 4.69) is 12.2 Å². The van der Waals surface area contributed by atoms with Gasteiger partial charge in [0.25, 0.3) is 0 Å². The maximum atomic E-state index is 10.3. The van der Waals surface area contributed by atoms with E-state index >= 15 is 0 Å². The first-order valence-electron chi connectivity index (χ1n) is 4.18. The van der Waals surface area contributed by atoms with Crippen molar-refractivity contribution in [2.75, 3.05) is 7.05 Å². The fraction of sp³-hybridized carbons (Fsp3) is 0.667. The van der Waals surface area contributed by atoms with Gasteiger partial charge in [-0.25, -0.2) is 0 Å². The molecule has 0 fully saturated rings. The van der Waals surface area contributed by atoms with Crippen molar-refractivity contribution in [3.63, 3.8) is 0 Å². The molecule has 0 saturated heterocycles. The Morgan fingerprint density at radius 2 is 2.18 bits per heavy atom. The minimum absolute atomic E-state index is 0.695. The normalized spacial score (nSPS) is 11.3. The van der Waals surface area contributed by atoms with E-state index in [9.17, 15) is 4.79 Å². The van der Waals surface area contributed by atoms with Gasteiger partial charge in [-0.15, -0.1) is 0 Å². The number of rotatable bonds is 6. The van der Waals surface area contributed by atoms with E-state index in [4.69, 9.17) is 0 Å². The van der Waals surface area contributed by atoms with Crippen molar-refractivity contribution in [3.8, 4) is 0 Å². The molecule has 0 unspecified atom stereocenters. The van der Waals surface area contributed by atoms with Crippen molar-refractivity contribution in [3.05, 3.63) is 11.8 Å². The summed E-state index contributed by atoms with van der Waals surface area (Å²) in [4.78, 5) is 10.3. The molecule has 0 aromatic heterocycles. The number of allylic oxidation sites excluding steroid dienone is 2. The summed E-state index contributed by atoms with van der Waals surface area (Å²) in [6, 6.07) is 0. The molecule has 2 heteroatoms. The van der Waals surface area contributed by atoms with Crippen molar-refractivity contribution < 1.29 is 4.79 Å². The zero-order chi connectivity index (χ0) is 8.53. The second-order valence-corrected chi connectivity index (χ2v) is 2.52. The van der Waals surface area contributed by atoms with Gasteiger partial charge in [0, 0.05) is 7.05 Å². The first-order chi connectivity index (χ1) is 5.35. The van der Waals surface area contributed by atoms with Gasteiger partial charge in [-0.05, 0) is 12.8 Å². The van der Waals surface area contributed by atoms with Crippen LogP contribution >= 0.6 is 0 Å². The monoisotopic (exact) mass is 155 g/mol. The molecule has 2 nitrogen and oxygen atoms in total. The molecule has 0 spiro atoms. The first-order valence-corrected chi connectivity index (χ1v) is 4.18. The highest BCUT2D eigenvalue weighted by atomic mass is 16.1. The van der Waals surface area contributed by atoms with Gasteiger partial charge in [0.2, 0.25) is 0 Å². The highest BCUT2D eigenvalue weighted by Gasteiger charge is 1.88. The third kappa shape index (κ3) is 5.64.